The van der Waals surface area contributed by atoms with Gasteiger partial charge >= 0.3 is 5.97 Å². The summed E-state index contributed by atoms with van der Waals surface area (Å²) in [4.78, 5) is 26.3. The Morgan fingerprint density at radius 2 is 1.57 bits per heavy atom. The zero-order valence-electron chi connectivity index (χ0n) is 12.7. The lowest BCUT2D eigenvalue weighted by Crippen LogP contribution is -2.54. The second-order valence-corrected chi connectivity index (χ2v) is 8.04. The fraction of sp³-hybridized carbons (Fsp3) is 0.882. The molecule has 2 atom stereocenters. The molecule has 4 bridgehead atoms. The normalized spacial score (nSPS) is 47.9. The Morgan fingerprint density at radius 1 is 1.00 bits per heavy atom. The molecule has 1 aliphatic heterocycles. The van der Waals surface area contributed by atoms with Gasteiger partial charge in [-0.25, -0.2) is 4.79 Å². The van der Waals surface area contributed by atoms with Gasteiger partial charge in [0.15, 0.2) is 0 Å². The van der Waals surface area contributed by atoms with E-state index in [-0.39, 0.29) is 17.7 Å². The van der Waals surface area contributed by atoms with Crippen molar-refractivity contribution in [1.29, 1.82) is 0 Å². The van der Waals surface area contributed by atoms with E-state index in [0.717, 1.165) is 18.3 Å². The Bertz CT molecular complexity index is 447. The van der Waals surface area contributed by atoms with Crippen LogP contribution in [0.4, 0.5) is 0 Å². The van der Waals surface area contributed by atoms with Crippen LogP contribution in [-0.2, 0) is 9.59 Å². The van der Waals surface area contributed by atoms with E-state index in [0.29, 0.717) is 18.4 Å². The molecule has 2 unspecified atom stereocenters. The van der Waals surface area contributed by atoms with E-state index in [2.05, 4.69) is 0 Å². The van der Waals surface area contributed by atoms with Gasteiger partial charge in [0.2, 0.25) is 5.91 Å². The van der Waals surface area contributed by atoms with Crippen molar-refractivity contribution in [2.45, 2.75) is 51.5 Å². The number of carbonyl (C=O) groups excluding carboxylic acids is 1. The van der Waals surface area contributed by atoms with Crippen LogP contribution < -0.4 is 0 Å². The van der Waals surface area contributed by atoms with Crippen molar-refractivity contribution in [1.82, 2.24) is 4.90 Å². The molecule has 0 aromatic carbocycles. The zero-order valence-corrected chi connectivity index (χ0v) is 12.7. The Balaban J connectivity index is 1.56. The van der Waals surface area contributed by atoms with Gasteiger partial charge < -0.3 is 10.0 Å². The molecule has 5 aliphatic rings. The molecule has 0 radical (unpaired) electrons. The Labute approximate surface area is 125 Å². The molecule has 0 spiro atoms. The largest absolute Gasteiger partial charge is 0.480 e. The number of hydrogen-bond donors (Lipinski definition) is 1. The van der Waals surface area contributed by atoms with Gasteiger partial charge in [-0.2, -0.15) is 0 Å². The number of amides is 1. The van der Waals surface area contributed by atoms with Crippen molar-refractivity contribution in [3.63, 3.8) is 0 Å². The number of carboxylic acid groups (broad SMARTS) is 1. The monoisotopic (exact) mass is 291 g/mol. The van der Waals surface area contributed by atoms with Crippen molar-refractivity contribution >= 4 is 11.9 Å². The Hall–Kier alpha value is -1.06. The number of aliphatic carboxylic acids is 1. The van der Waals surface area contributed by atoms with Crippen LogP contribution in [0.3, 0.4) is 0 Å². The third-order valence-electron chi connectivity index (χ3n) is 6.75. The highest BCUT2D eigenvalue weighted by Crippen LogP contribution is 2.57. The lowest BCUT2D eigenvalue weighted by Gasteiger charge is -2.54. The minimum absolute atomic E-state index is 0.0864. The highest BCUT2D eigenvalue weighted by molar-refractivity contribution is 5.86. The molecule has 5 rings (SSSR count). The van der Waals surface area contributed by atoms with E-state index in [4.69, 9.17) is 0 Å². The maximum atomic E-state index is 13.1. The van der Waals surface area contributed by atoms with Crippen LogP contribution in [0.5, 0.6) is 0 Å². The summed E-state index contributed by atoms with van der Waals surface area (Å²) in [6.45, 7) is 2.60. The average molecular weight is 291 g/mol. The summed E-state index contributed by atoms with van der Waals surface area (Å²) < 4.78 is 0. The maximum Gasteiger partial charge on any atom is 0.326 e. The molecule has 1 saturated heterocycles. The highest BCUT2D eigenvalue weighted by Gasteiger charge is 2.53. The third kappa shape index (κ3) is 2.01. The number of carboxylic acids is 1. The summed E-state index contributed by atoms with van der Waals surface area (Å²) in [5.41, 5.74) is 0. The minimum Gasteiger partial charge on any atom is -0.480 e. The molecule has 4 heteroatoms. The quantitative estimate of drug-likeness (QED) is 0.850. The summed E-state index contributed by atoms with van der Waals surface area (Å²) >= 11 is 0. The van der Waals surface area contributed by atoms with Crippen molar-refractivity contribution in [3.8, 4) is 0 Å². The lowest BCUT2D eigenvalue weighted by atomic mass is 9.51. The van der Waals surface area contributed by atoms with E-state index in [1.54, 1.807) is 4.90 Å². The first-order valence-electron chi connectivity index (χ1n) is 8.58. The van der Waals surface area contributed by atoms with Gasteiger partial charge in [0.1, 0.15) is 6.04 Å². The summed E-state index contributed by atoms with van der Waals surface area (Å²) in [7, 11) is 0. The van der Waals surface area contributed by atoms with Crippen molar-refractivity contribution < 1.29 is 14.7 Å². The number of likely N-dealkylation sites (tertiary alicyclic amines) is 1. The summed E-state index contributed by atoms with van der Waals surface area (Å²) in [6.07, 6.45) is 7.06. The third-order valence-corrected chi connectivity index (χ3v) is 6.75. The number of hydrogen-bond acceptors (Lipinski definition) is 2. The van der Waals surface area contributed by atoms with Crippen molar-refractivity contribution in [2.24, 2.45) is 35.5 Å². The first-order chi connectivity index (χ1) is 10.0. The summed E-state index contributed by atoms with van der Waals surface area (Å²) in [5.74, 6) is 2.35. The zero-order chi connectivity index (χ0) is 14.7. The molecule has 4 aliphatic carbocycles. The van der Waals surface area contributed by atoms with Crippen LogP contribution in [0.25, 0.3) is 0 Å². The van der Waals surface area contributed by atoms with Gasteiger partial charge in [-0.15, -0.1) is 0 Å². The van der Waals surface area contributed by atoms with Gasteiger partial charge in [-0.05, 0) is 68.1 Å². The van der Waals surface area contributed by atoms with Gasteiger partial charge in [0.05, 0.1) is 0 Å². The molecular weight excluding hydrogens is 266 g/mol. The fourth-order valence-electron chi connectivity index (χ4n) is 6.09. The lowest BCUT2D eigenvalue weighted by molar-refractivity contribution is -0.158. The number of carbonyl (C=O) groups is 2. The molecule has 0 aromatic heterocycles. The SMILES string of the molecule is CC1CCN(C(=O)C2C3CC4CC(C3)CC2C4)C1C(=O)O. The van der Waals surface area contributed by atoms with Crippen LogP contribution in [0.2, 0.25) is 0 Å². The van der Waals surface area contributed by atoms with Gasteiger partial charge in [-0.3, -0.25) is 4.79 Å². The molecule has 0 aromatic rings. The smallest absolute Gasteiger partial charge is 0.326 e. The van der Waals surface area contributed by atoms with E-state index < -0.39 is 12.0 Å². The molecular formula is C17H25NO3. The second kappa shape index (κ2) is 4.72. The standard InChI is InChI=1S/C17H25NO3/c1-9-2-3-18(15(9)17(20)21)16(19)14-12-5-10-4-11(7-12)8-13(14)6-10/h9-15H,2-8H2,1H3,(H,20,21). The molecule has 4 saturated carbocycles. The molecule has 116 valence electrons. The van der Waals surface area contributed by atoms with Crippen LogP contribution in [0.15, 0.2) is 0 Å². The van der Waals surface area contributed by atoms with Crippen LogP contribution >= 0.6 is 0 Å². The average Bonchev–Trinajstić information content (AvgIpc) is 2.79. The number of rotatable bonds is 2. The predicted molar refractivity (Wildman–Crippen MR) is 77.5 cm³/mol. The molecule has 21 heavy (non-hydrogen) atoms. The van der Waals surface area contributed by atoms with Crippen molar-refractivity contribution in [2.75, 3.05) is 6.54 Å². The van der Waals surface area contributed by atoms with Crippen LogP contribution in [-0.4, -0.2) is 34.5 Å². The Morgan fingerprint density at radius 3 is 2.10 bits per heavy atom. The molecule has 1 N–H and O–H groups in total. The van der Waals surface area contributed by atoms with Crippen molar-refractivity contribution in [3.05, 3.63) is 0 Å². The van der Waals surface area contributed by atoms with Gasteiger partial charge in [0, 0.05) is 12.5 Å². The summed E-state index contributed by atoms with van der Waals surface area (Å²) in [5, 5.41) is 9.46. The maximum absolute atomic E-state index is 13.1. The first kappa shape index (κ1) is 13.6. The number of nitrogens with zero attached hydrogens (tertiary/aromatic N) is 1. The van der Waals surface area contributed by atoms with E-state index in [1.165, 1.54) is 32.1 Å². The Kier molecular flexibility index (Phi) is 3.05. The first-order valence-corrected chi connectivity index (χ1v) is 8.58. The van der Waals surface area contributed by atoms with E-state index >= 15 is 0 Å². The van der Waals surface area contributed by atoms with Crippen LogP contribution in [0.1, 0.15) is 45.4 Å². The molecule has 1 amide bonds. The topological polar surface area (TPSA) is 57.6 Å². The molecule has 4 nitrogen and oxygen atoms in total. The minimum atomic E-state index is -0.822. The fourth-order valence-corrected chi connectivity index (χ4v) is 6.09. The second-order valence-electron chi connectivity index (χ2n) is 8.04. The van der Waals surface area contributed by atoms with Crippen LogP contribution in [0, 0.1) is 35.5 Å². The predicted octanol–water partition coefficient (Wildman–Crippen LogP) is 2.38. The summed E-state index contributed by atoms with van der Waals surface area (Å²) in [6, 6.07) is -0.588. The molecule has 1 heterocycles. The van der Waals surface area contributed by atoms with Gasteiger partial charge in [-0.1, -0.05) is 6.92 Å². The highest BCUT2D eigenvalue weighted by atomic mass is 16.4. The van der Waals surface area contributed by atoms with Gasteiger partial charge in [0.25, 0.3) is 0 Å². The van der Waals surface area contributed by atoms with E-state index in [1.807, 2.05) is 6.92 Å². The van der Waals surface area contributed by atoms with E-state index in [9.17, 15) is 14.7 Å². The molecule has 5 fully saturated rings.